The van der Waals surface area contributed by atoms with Crippen molar-refractivity contribution in [3.63, 3.8) is 0 Å². The number of aryl methyl sites for hydroxylation is 2. The Hall–Kier alpha value is -7.13. The Morgan fingerprint density at radius 3 is 1.74 bits per heavy atom. The van der Waals surface area contributed by atoms with Crippen LogP contribution >= 0.6 is 11.6 Å². The molecular weight excluding hydrogens is 957 g/mol. The van der Waals surface area contributed by atoms with Crippen molar-refractivity contribution in [3.8, 4) is 28.6 Å². The van der Waals surface area contributed by atoms with E-state index in [-0.39, 0.29) is 44.2 Å². The first-order valence-corrected chi connectivity index (χ1v) is 24.4. The minimum absolute atomic E-state index is 0.0145. The van der Waals surface area contributed by atoms with Crippen LogP contribution in [0.15, 0.2) is 93.8 Å². The zero-order valence-electron chi connectivity index (χ0n) is 42.5. The average molecular weight is 1020 g/mol. The lowest BCUT2D eigenvalue weighted by Gasteiger charge is -2.38. The molecule has 2 fully saturated rings. The van der Waals surface area contributed by atoms with Crippen LogP contribution < -0.4 is 36.8 Å². The highest BCUT2D eigenvalue weighted by molar-refractivity contribution is 6.29. The highest BCUT2D eigenvalue weighted by atomic mass is 35.5. The number of hydrogen-bond acceptors (Lipinski definition) is 16. The Morgan fingerprint density at radius 1 is 0.699 bits per heavy atom. The Balaban J connectivity index is 0.000000238. The van der Waals surface area contributed by atoms with Gasteiger partial charge in [-0.3, -0.25) is 24.2 Å². The summed E-state index contributed by atoms with van der Waals surface area (Å²) in [5.74, 6) is 1.60. The second-order valence-electron chi connectivity index (χ2n) is 20.5. The average Bonchev–Trinajstić information content (AvgIpc) is 3.30. The summed E-state index contributed by atoms with van der Waals surface area (Å²) in [6, 6.07) is 14.8. The molecule has 0 unspecified atom stereocenters. The topological polar surface area (TPSA) is 213 Å². The van der Waals surface area contributed by atoms with Crippen molar-refractivity contribution in [2.75, 3.05) is 49.9 Å². The number of halogens is 2. The first-order chi connectivity index (χ1) is 34.6. The maximum Gasteiger partial charge on any atom is 0.290 e. The SMILES string of the molecule is Cn1nc(-c2ccnc(-n3ncc4cc(C(C)(C)C)cc(F)c4c3=O)c2CO)cc(Nc2ccc(OC(C)(C)CN3CCC3)cn2)c1=O.Cn1nc(Cl)cc(Nc2ccc(OC(C)(C)CN3CCC3)cn2)c1=O. The van der Waals surface area contributed by atoms with Crippen LogP contribution in [0.25, 0.3) is 27.8 Å². The molecule has 73 heavy (non-hydrogen) atoms. The van der Waals surface area contributed by atoms with E-state index in [9.17, 15) is 19.5 Å². The number of benzene rings is 1. The first kappa shape index (κ1) is 52.2. The number of fused-ring (bicyclic) bond motifs is 1. The second-order valence-corrected chi connectivity index (χ2v) is 20.9. The number of likely N-dealkylation sites (tertiary alicyclic amines) is 2. The van der Waals surface area contributed by atoms with Crippen LogP contribution in [0.2, 0.25) is 5.15 Å². The van der Waals surface area contributed by atoms with Crippen molar-refractivity contribution < 1.29 is 19.0 Å². The number of aliphatic hydroxyl groups excluding tert-OH is 1. The van der Waals surface area contributed by atoms with Gasteiger partial charge >= 0.3 is 0 Å². The van der Waals surface area contributed by atoms with Crippen molar-refractivity contribution in [1.29, 1.82) is 0 Å². The van der Waals surface area contributed by atoms with E-state index in [1.54, 1.807) is 49.8 Å². The molecule has 21 heteroatoms. The number of rotatable bonds is 15. The van der Waals surface area contributed by atoms with Gasteiger partial charge in [0.15, 0.2) is 11.0 Å². The van der Waals surface area contributed by atoms with Gasteiger partial charge in [-0.15, -0.1) is 0 Å². The fourth-order valence-corrected chi connectivity index (χ4v) is 8.76. The summed E-state index contributed by atoms with van der Waals surface area (Å²) in [5, 5.41) is 29.6. The van der Waals surface area contributed by atoms with E-state index >= 15 is 4.39 Å². The molecule has 3 N–H and O–H groups in total. The minimum atomic E-state index is -0.719. The zero-order chi connectivity index (χ0) is 52.4. The fraction of sp³-hybridized carbons (Fsp3) is 0.404. The number of ether oxygens (including phenoxy) is 2. The molecule has 384 valence electrons. The molecule has 6 aromatic heterocycles. The van der Waals surface area contributed by atoms with E-state index in [0.717, 1.165) is 54.2 Å². The lowest BCUT2D eigenvalue weighted by Crippen LogP contribution is -2.48. The van der Waals surface area contributed by atoms with E-state index < -0.39 is 29.1 Å². The molecule has 0 bridgehead atoms. The number of hydrogen-bond donors (Lipinski definition) is 3. The molecule has 0 radical (unpaired) electrons. The number of pyridine rings is 3. The van der Waals surface area contributed by atoms with Crippen LogP contribution in [0.1, 0.15) is 72.4 Å². The molecule has 0 amide bonds. The lowest BCUT2D eigenvalue weighted by atomic mass is 9.86. The zero-order valence-corrected chi connectivity index (χ0v) is 43.3. The van der Waals surface area contributed by atoms with Gasteiger partial charge in [-0.1, -0.05) is 32.4 Å². The molecule has 2 aliphatic rings. The van der Waals surface area contributed by atoms with Gasteiger partial charge in [-0.05, 0) is 126 Å². The number of nitrogens with zero attached hydrogens (tertiary/aromatic N) is 11. The largest absolute Gasteiger partial charge is 0.485 e. The Labute approximate surface area is 426 Å². The van der Waals surface area contributed by atoms with Crippen molar-refractivity contribution in [3.05, 3.63) is 133 Å². The Bertz CT molecular complexity index is 3310. The van der Waals surface area contributed by atoms with Crippen LogP contribution in [0.3, 0.4) is 0 Å². The van der Waals surface area contributed by atoms with Crippen LogP contribution in [0, 0.1) is 5.82 Å². The highest BCUT2D eigenvalue weighted by Gasteiger charge is 2.29. The molecule has 2 saturated heterocycles. The van der Waals surface area contributed by atoms with Gasteiger partial charge in [-0.2, -0.15) is 20.0 Å². The first-order valence-electron chi connectivity index (χ1n) is 24.0. The number of aliphatic hydroxyl groups is 1. The summed E-state index contributed by atoms with van der Waals surface area (Å²) in [5.41, 5.74) is -0.246. The predicted octanol–water partition coefficient (Wildman–Crippen LogP) is 6.91. The molecule has 19 nitrogen and oxygen atoms in total. The maximum absolute atomic E-state index is 15.3. The minimum Gasteiger partial charge on any atom is -0.485 e. The van der Waals surface area contributed by atoms with E-state index in [1.165, 1.54) is 55.2 Å². The van der Waals surface area contributed by atoms with Gasteiger partial charge < -0.3 is 25.2 Å². The van der Waals surface area contributed by atoms with Crippen molar-refractivity contribution in [2.45, 2.75) is 84.5 Å². The van der Waals surface area contributed by atoms with E-state index in [1.807, 2.05) is 40.7 Å². The Kier molecular flexibility index (Phi) is 15.1. The van der Waals surface area contributed by atoms with Gasteiger partial charge in [0.05, 0.1) is 36.3 Å². The summed E-state index contributed by atoms with van der Waals surface area (Å²) in [4.78, 5) is 56.5. The summed E-state index contributed by atoms with van der Waals surface area (Å²) >= 11 is 5.89. The molecule has 2 aliphatic heterocycles. The van der Waals surface area contributed by atoms with Gasteiger partial charge in [0, 0.05) is 56.0 Å². The summed E-state index contributed by atoms with van der Waals surface area (Å²) in [6.07, 6.45) is 8.56. The smallest absolute Gasteiger partial charge is 0.290 e. The van der Waals surface area contributed by atoms with Crippen molar-refractivity contribution in [1.82, 2.24) is 54.1 Å². The second kappa shape index (κ2) is 21.1. The fourth-order valence-electron chi connectivity index (χ4n) is 8.53. The normalized spacial score (nSPS) is 14.2. The standard InChI is InChI=1S/C35H39FN8O4.C17H22ClN5O2/c1-34(2,3)22-14-21-17-39-44(33(47)30(21)26(36)15-22)31-25(19-45)24(10-11-37-31)27-16-28(32(46)42(6)41-27)40-29-9-8-23(18-38-29)48-35(4,5)20-43-12-7-13-43;1-17(2,11-23-7-4-8-23)25-12-5-6-15(19-10-12)20-13-9-14(18)21-22(3)16(13)24/h8-11,14-18,45H,7,12-13,19-20H2,1-6H3,(H,38,40);5-6,9-10H,4,7-8,11H2,1-3H3,(H,19,20). The number of nitrogens with one attached hydrogen (secondary N) is 2. The molecule has 9 rings (SSSR count). The van der Waals surface area contributed by atoms with Crippen molar-refractivity contribution >= 4 is 45.4 Å². The van der Waals surface area contributed by atoms with Gasteiger partial charge in [0.2, 0.25) is 0 Å². The van der Waals surface area contributed by atoms with Crippen LogP contribution in [-0.2, 0) is 26.1 Å². The Morgan fingerprint density at radius 2 is 1.25 bits per heavy atom. The van der Waals surface area contributed by atoms with Gasteiger partial charge in [0.25, 0.3) is 16.7 Å². The summed E-state index contributed by atoms with van der Waals surface area (Å²) in [7, 11) is 3.05. The van der Waals surface area contributed by atoms with E-state index in [2.05, 4.69) is 64.5 Å². The molecule has 0 aliphatic carbocycles. The van der Waals surface area contributed by atoms with Crippen LogP contribution in [0.4, 0.5) is 27.4 Å². The number of aromatic nitrogens is 9. The molecule has 0 spiro atoms. The third-order valence-corrected chi connectivity index (χ3v) is 12.5. The maximum atomic E-state index is 15.3. The molecule has 0 saturated carbocycles. The molecule has 0 atom stereocenters. The third kappa shape index (κ3) is 12.4. The quantitative estimate of drug-likeness (QED) is 0.0952. The third-order valence-electron chi connectivity index (χ3n) is 12.4. The van der Waals surface area contributed by atoms with E-state index in [4.69, 9.17) is 21.1 Å². The summed E-state index contributed by atoms with van der Waals surface area (Å²) < 4.78 is 30.9. The van der Waals surface area contributed by atoms with E-state index in [0.29, 0.717) is 45.5 Å². The highest BCUT2D eigenvalue weighted by Crippen LogP contribution is 2.30. The predicted molar refractivity (Wildman–Crippen MR) is 279 cm³/mol. The van der Waals surface area contributed by atoms with Gasteiger partial charge in [-0.25, -0.2) is 28.7 Å². The van der Waals surface area contributed by atoms with Crippen LogP contribution in [-0.4, -0.2) is 110 Å². The molecule has 7 aromatic rings. The van der Waals surface area contributed by atoms with Gasteiger partial charge in [0.1, 0.15) is 51.5 Å². The molecular formula is C52H61ClFN13O6. The summed E-state index contributed by atoms with van der Waals surface area (Å²) in [6.45, 7) is 19.7. The molecule has 1 aromatic carbocycles. The number of anilines is 4. The van der Waals surface area contributed by atoms with Crippen molar-refractivity contribution in [2.24, 2.45) is 14.1 Å². The lowest BCUT2D eigenvalue weighted by molar-refractivity contribution is 0.0347. The molecule has 8 heterocycles. The monoisotopic (exact) mass is 1020 g/mol. The van der Waals surface area contributed by atoms with Crippen LogP contribution in [0.5, 0.6) is 11.5 Å².